The van der Waals surface area contributed by atoms with E-state index in [0.29, 0.717) is 28.9 Å². The Hall–Kier alpha value is -1.66. The third-order valence-corrected chi connectivity index (χ3v) is 4.61. The van der Waals surface area contributed by atoms with E-state index in [1.807, 2.05) is 11.8 Å². The van der Waals surface area contributed by atoms with Crippen LogP contribution in [-0.4, -0.2) is 67.5 Å². The van der Waals surface area contributed by atoms with Crippen molar-refractivity contribution in [2.45, 2.75) is 20.3 Å². The van der Waals surface area contributed by atoms with Gasteiger partial charge in [0.05, 0.1) is 11.6 Å². The Morgan fingerprint density at radius 1 is 1.23 bits per heavy atom. The molecule has 1 heterocycles. The van der Waals surface area contributed by atoms with Crippen molar-refractivity contribution in [3.8, 4) is 5.75 Å². The van der Waals surface area contributed by atoms with Gasteiger partial charge in [0.25, 0.3) is 0 Å². The Bertz CT molecular complexity index is 632. The number of benzene rings is 1. The molecule has 1 amide bonds. The van der Waals surface area contributed by atoms with Gasteiger partial charge in [-0.1, -0.05) is 23.2 Å². The number of hydrogen-bond donors (Lipinski definition) is 1. The molecule has 1 N–H and O–H groups in total. The molecule has 0 saturated carbocycles. The normalized spacial score (nSPS) is 15.2. The van der Waals surface area contributed by atoms with Crippen LogP contribution >= 0.6 is 23.2 Å². The number of halogens is 2. The van der Waals surface area contributed by atoms with E-state index in [2.05, 4.69) is 15.2 Å². The Labute approximate surface area is 165 Å². The van der Waals surface area contributed by atoms with E-state index in [9.17, 15) is 4.79 Å². The van der Waals surface area contributed by atoms with Crippen LogP contribution in [0.15, 0.2) is 23.2 Å². The molecule has 0 bridgehead atoms. The molecule has 2 rings (SSSR count). The van der Waals surface area contributed by atoms with Gasteiger partial charge in [-0.2, -0.15) is 0 Å². The number of amides is 1. The van der Waals surface area contributed by atoms with Crippen molar-refractivity contribution in [2.24, 2.45) is 4.99 Å². The molecule has 0 spiro atoms. The van der Waals surface area contributed by atoms with E-state index in [4.69, 9.17) is 27.9 Å². The van der Waals surface area contributed by atoms with Crippen LogP contribution in [0, 0.1) is 0 Å². The minimum absolute atomic E-state index is 0.129. The highest BCUT2D eigenvalue weighted by Gasteiger charge is 2.20. The Morgan fingerprint density at radius 3 is 2.54 bits per heavy atom. The third kappa shape index (κ3) is 6.25. The lowest BCUT2D eigenvalue weighted by molar-refractivity contribution is -0.130. The van der Waals surface area contributed by atoms with Crippen molar-refractivity contribution in [3.63, 3.8) is 0 Å². The summed E-state index contributed by atoms with van der Waals surface area (Å²) in [4.78, 5) is 20.2. The zero-order chi connectivity index (χ0) is 18.9. The Kier molecular flexibility index (Phi) is 8.32. The van der Waals surface area contributed by atoms with Crippen LogP contribution in [0.3, 0.4) is 0 Å². The summed E-state index contributed by atoms with van der Waals surface area (Å²) in [6, 6.07) is 5.19. The number of ether oxygens (including phenoxy) is 1. The van der Waals surface area contributed by atoms with Crippen LogP contribution in [0.25, 0.3) is 0 Å². The van der Waals surface area contributed by atoms with Gasteiger partial charge in [-0.25, -0.2) is 0 Å². The average molecular weight is 401 g/mol. The monoisotopic (exact) mass is 400 g/mol. The molecular formula is C18H26Cl2N4O2. The minimum Gasteiger partial charge on any atom is -0.492 e. The van der Waals surface area contributed by atoms with Gasteiger partial charge in [-0.3, -0.25) is 9.79 Å². The molecule has 1 fully saturated rings. The average Bonchev–Trinajstić information content (AvgIpc) is 2.62. The fraction of sp³-hybridized carbons (Fsp3) is 0.556. The number of guanidine groups is 1. The maximum absolute atomic E-state index is 11.4. The second-order valence-corrected chi connectivity index (χ2v) is 6.85. The fourth-order valence-corrected chi connectivity index (χ4v) is 3.15. The molecule has 1 aliphatic heterocycles. The molecule has 1 aromatic carbocycles. The number of piperazine rings is 1. The molecule has 0 atom stereocenters. The first-order valence-corrected chi connectivity index (χ1v) is 9.63. The van der Waals surface area contributed by atoms with Crippen molar-refractivity contribution >= 4 is 35.1 Å². The van der Waals surface area contributed by atoms with Crippen LogP contribution in [0.1, 0.15) is 20.3 Å². The number of hydrogen-bond acceptors (Lipinski definition) is 3. The molecule has 0 aromatic heterocycles. The van der Waals surface area contributed by atoms with Crippen LogP contribution in [0.5, 0.6) is 5.75 Å². The predicted molar refractivity (Wildman–Crippen MR) is 106 cm³/mol. The van der Waals surface area contributed by atoms with Crippen molar-refractivity contribution in [2.75, 3.05) is 45.9 Å². The summed E-state index contributed by atoms with van der Waals surface area (Å²) >= 11 is 12.0. The SMILES string of the molecule is CCNC(=NCCCOc1ccc(Cl)cc1Cl)N1CCN(C(C)=O)CC1. The summed E-state index contributed by atoms with van der Waals surface area (Å²) in [6.45, 7) is 8.71. The molecule has 0 aliphatic carbocycles. The summed E-state index contributed by atoms with van der Waals surface area (Å²) in [6.07, 6.45) is 0.779. The molecule has 6 nitrogen and oxygen atoms in total. The Balaban J connectivity index is 1.79. The highest BCUT2D eigenvalue weighted by Crippen LogP contribution is 2.27. The molecule has 26 heavy (non-hydrogen) atoms. The van der Waals surface area contributed by atoms with Gasteiger partial charge in [0.2, 0.25) is 5.91 Å². The highest BCUT2D eigenvalue weighted by molar-refractivity contribution is 6.35. The summed E-state index contributed by atoms with van der Waals surface area (Å²) < 4.78 is 5.68. The van der Waals surface area contributed by atoms with Crippen molar-refractivity contribution in [1.82, 2.24) is 15.1 Å². The van der Waals surface area contributed by atoms with E-state index < -0.39 is 0 Å². The number of nitrogens with zero attached hydrogens (tertiary/aromatic N) is 3. The van der Waals surface area contributed by atoms with Crippen LogP contribution in [0.4, 0.5) is 0 Å². The van der Waals surface area contributed by atoms with Gasteiger partial charge >= 0.3 is 0 Å². The largest absolute Gasteiger partial charge is 0.492 e. The molecule has 1 aliphatic rings. The molecule has 1 aromatic rings. The number of aliphatic imine (C=N–C) groups is 1. The van der Waals surface area contributed by atoms with E-state index in [0.717, 1.165) is 45.1 Å². The lowest BCUT2D eigenvalue weighted by Crippen LogP contribution is -2.53. The topological polar surface area (TPSA) is 57.2 Å². The van der Waals surface area contributed by atoms with Gasteiger partial charge in [0, 0.05) is 57.6 Å². The quantitative estimate of drug-likeness (QED) is 0.453. The van der Waals surface area contributed by atoms with Crippen LogP contribution in [0.2, 0.25) is 10.0 Å². The number of nitrogens with one attached hydrogen (secondary N) is 1. The highest BCUT2D eigenvalue weighted by atomic mass is 35.5. The smallest absolute Gasteiger partial charge is 0.219 e. The Morgan fingerprint density at radius 2 is 1.92 bits per heavy atom. The maximum Gasteiger partial charge on any atom is 0.219 e. The van der Waals surface area contributed by atoms with Gasteiger partial charge in [0.1, 0.15) is 5.75 Å². The molecule has 1 saturated heterocycles. The second-order valence-electron chi connectivity index (χ2n) is 6.01. The lowest BCUT2D eigenvalue weighted by atomic mass is 10.3. The van der Waals surface area contributed by atoms with Gasteiger partial charge in [-0.05, 0) is 25.1 Å². The van der Waals surface area contributed by atoms with E-state index in [-0.39, 0.29) is 5.91 Å². The summed E-state index contributed by atoms with van der Waals surface area (Å²) in [5.74, 6) is 1.65. The maximum atomic E-state index is 11.4. The number of carbonyl (C=O) groups is 1. The molecule has 144 valence electrons. The summed E-state index contributed by atoms with van der Waals surface area (Å²) in [7, 11) is 0. The standard InChI is InChI=1S/C18H26Cl2N4O2/c1-3-21-18(24-10-8-23(9-11-24)14(2)25)22-7-4-12-26-17-6-5-15(19)13-16(17)20/h5-6,13H,3-4,7-12H2,1-2H3,(H,21,22). The van der Waals surface area contributed by atoms with Crippen molar-refractivity contribution in [3.05, 3.63) is 28.2 Å². The molecular weight excluding hydrogens is 375 g/mol. The first kappa shape index (κ1) is 20.6. The van der Waals surface area contributed by atoms with Crippen molar-refractivity contribution < 1.29 is 9.53 Å². The van der Waals surface area contributed by atoms with Gasteiger partial charge in [-0.15, -0.1) is 0 Å². The molecule has 8 heteroatoms. The first-order chi connectivity index (χ1) is 12.5. The predicted octanol–water partition coefficient (Wildman–Crippen LogP) is 2.89. The summed E-state index contributed by atoms with van der Waals surface area (Å²) in [5.41, 5.74) is 0. The number of carbonyl (C=O) groups excluding carboxylic acids is 1. The first-order valence-electron chi connectivity index (χ1n) is 8.88. The fourth-order valence-electron chi connectivity index (χ4n) is 2.68. The van der Waals surface area contributed by atoms with E-state index in [1.54, 1.807) is 25.1 Å². The third-order valence-electron chi connectivity index (χ3n) is 4.07. The minimum atomic E-state index is 0.129. The molecule has 0 radical (unpaired) electrons. The van der Waals surface area contributed by atoms with E-state index >= 15 is 0 Å². The van der Waals surface area contributed by atoms with Crippen LogP contribution in [-0.2, 0) is 4.79 Å². The zero-order valence-corrected chi connectivity index (χ0v) is 16.8. The second kappa shape index (κ2) is 10.5. The zero-order valence-electron chi connectivity index (χ0n) is 15.3. The van der Waals surface area contributed by atoms with Gasteiger partial charge < -0.3 is 19.9 Å². The number of rotatable bonds is 6. The lowest BCUT2D eigenvalue weighted by Gasteiger charge is -2.36. The summed E-state index contributed by atoms with van der Waals surface area (Å²) in [5, 5.41) is 4.42. The molecule has 0 unspecified atom stereocenters. The van der Waals surface area contributed by atoms with E-state index in [1.165, 1.54) is 0 Å². The van der Waals surface area contributed by atoms with Crippen molar-refractivity contribution in [1.29, 1.82) is 0 Å². The van der Waals surface area contributed by atoms with Gasteiger partial charge in [0.15, 0.2) is 5.96 Å². The van der Waals surface area contributed by atoms with Crippen LogP contribution < -0.4 is 10.1 Å².